The lowest BCUT2D eigenvalue weighted by molar-refractivity contribution is -0.158. The summed E-state index contributed by atoms with van der Waals surface area (Å²) in [6.45, 7) is 4.94. The van der Waals surface area contributed by atoms with Crippen molar-refractivity contribution in [2.45, 2.75) is 42.9 Å². The summed E-state index contributed by atoms with van der Waals surface area (Å²) >= 11 is 0.426. The molecule has 0 saturated heterocycles. The highest BCUT2D eigenvalue weighted by molar-refractivity contribution is 7.99. The number of carbonyl (C=O) groups excluding carboxylic acids is 2. The topological polar surface area (TPSA) is 55.4 Å². The molecule has 0 aliphatic heterocycles. The number of rotatable bonds is 7. The smallest absolute Gasteiger partial charge is 0.316 e. The Kier molecular flexibility index (Phi) is 6.96. The molecule has 0 fully saturated rings. The highest BCUT2D eigenvalue weighted by atomic mass is 32.2. The van der Waals surface area contributed by atoms with Crippen LogP contribution in [0.25, 0.3) is 0 Å². The van der Waals surface area contributed by atoms with Crippen molar-refractivity contribution < 1.29 is 23.1 Å². The normalized spacial score (nSPS) is 12.5. The number of esters is 1. The molecule has 0 heterocycles. The maximum absolute atomic E-state index is 12.5. The molecule has 0 aliphatic carbocycles. The number of hydrogen-bond donors (Lipinski definition) is 1. The van der Waals surface area contributed by atoms with Crippen LogP contribution in [0.4, 0.5) is 14.5 Å². The van der Waals surface area contributed by atoms with Gasteiger partial charge in [0.05, 0.1) is 5.41 Å². The molecule has 0 unspecified atom stereocenters. The Morgan fingerprint density at radius 3 is 2.19 bits per heavy atom. The molecule has 1 atom stereocenters. The Hall–Kier alpha value is -2.41. The number of amides is 1. The molecule has 1 amide bonds. The Morgan fingerprint density at radius 1 is 1.04 bits per heavy atom. The van der Waals surface area contributed by atoms with Crippen molar-refractivity contribution in [2.75, 3.05) is 5.32 Å². The minimum absolute atomic E-state index is 0.395. The van der Waals surface area contributed by atoms with E-state index in [1.807, 2.05) is 30.3 Å². The standard InChI is InChI=1S/C20H21F2NO3S/c1-13(26-18(25)20(2,3)14-7-5-4-6-8-14)17(24)23-15-9-11-16(12-10-15)27-19(21)22/h4-13,19H,1-3H3,(H,23,24)/t13-/m0/s1. The first-order chi connectivity index (χ1) is 12.7. The van der Waals surface area contributed by atoms with Crippen molar-refractivity contribution in [1.29, 1.82) is 0 Å². The molecule has 0 aromatic heterocycles. The summed E-state index contributed by atoms with van der Waals surface area (Å²) in [5.41, 5.74) is 0.322. The van der Waals surface area contributed by atoms with E-state index >= 15 is 0 Å². The van der Waals surface area contributed by atoms with Crippen molar-refractivity contribution in [1.82, 2.24) is 0 Å². The molecule has 7 heteroatoms. The molecule has 2 aromatic carbocycles. The number of alkyl halides is 2. The van der Waals surface area contributed by atoms with Gasteiger partial charge in [-0.15, -0.1) is 0 Å². The summed E-state index contributed by atoms with van der Waals surface area (Å²) < 4.78 is 30.0. The molecule has 1 N–H and O–H groups in total. The average Bonchev–Trinajstić information content (AvgIpc) is 2.63. The molecule has 27 heavy (non-hydrogen) atoms. The summed E-state index contributed by atoms with van der Waals surface area (Å²) in [5.74, 6) is -3.51. The van der Waals surface area contributed by atoms with Gasteiger partial charge in [-0.2, -0.15) is 8.78 Å². The number of ether oxygens (including phenoxy) is 1. The van der Waals surface area contributed by atoms with Crippen molar-refractivity contribution in [3.05, 3.63) is 60.2 Å². The lowest BCUT2D eigenvalue weighted by Gasteiger charge is -2.25. The van der Waals surface area contributed by atoms with Gasteiger partial charge in [0, 0.05) is 10.6 Å². The SMILES string of the molecule is C[C@H](OC(=O)C(C)(C)c1ccccc1)C(=O)Nc1ccc(SC(F)F)cc1. The number of carbonyl (C=O) groups is 2. The van der Waals surface area contributed by atoms with Crippen LogP contribution in [0.5, 0.6) is 0 Å². The van der Waals surface area contributed by atoms with Gasteiger partial charge in [0.25, 0.3) is 11.7 Å². The van der Waals surface area contributed by atoms with Gasteiger partial charge in [-0.1, -0.05) is 42.1 Å². The first-order valence-corrected chi connectivity index (χ1v) is 9.20. The molecule has 4 nitrogen and oxygen atoms in total. The molecule has 0 bridgehead atoms. The number of anilines is 1. The van der Waals surface area contributed by atoms with Gasteiger partial charge in [-0.25, -0.2) is 0 Å². The zero-order valence-electron chi connectivity index (χ0n) is 15.2. The van der Waals surface area contributed by atoms with Crippen molar-refractivity contribution in [3.8, 4) is 0 Å². The van der Waals surface area contributed by atoms with E-state index in [4.69, 9.17) is 4.74 Å². The van der Waals surface area contributed by atoms with Crippen LogP contribution in [-0.2, 0) is 19.7 Å². The van der Waals surface area contributed by atoms with Gasteiger partial charge >= 0.3 is 5.97 Å². The van der Waals surface area contributed by atoms with Gasteiger partial charge in [0.1, 0.15) is 0 Å². The maximum atomic E-state index is 12.5. The summed E-state index contributed by atoms with van der Waals surface area (Å²) in [6, 6.07) is 15.2. The number of thioether (sulfide) groups is 1. The highest BCUT2D eigenvalue weighted by Crippen LogP contribution is 2.27. The summed E-state index contributed by atoms with van der Waals surface area (Å²) in [6.07, 6.45) is -1.00. The van der Waals surface area contributed by atoms with Crippen LogP contribution in [-0.4, -0.2) is 23.7 Å². The molecule has 2 rings (SSSR count). The molecule has 144 valence electrons. The number of hydrogen-bond acceptors (Lipinski definition) is 4. The first-order valence-electron chi connectivity index (χ1n) is 8.32. The van der Waals surface area contributed by atoms with Crippen LogP contribution in [0, 0.1) is 0 Å². The Morgan fingerprint density at radius 2 is 1.63 bits per heavy atom. The van der Waals surface area contributed by atoms with E-state index in [1.165, 1.54) is 31.2 Å². The largest absolute Gasteiger partial charge is 0.452 e. The van der Waals surface area contributed by atoms with Gasteiger partial charge in [-0.3, -0.25) is 9.59 Å². The van der Waals surface area contributed by atoms with Crippen LogP contribution in [0.15, 0.2) is 59.5 Å². The molecule has 0 aliphatic rings. The zero-order chi connectivity index (χ0) is 20.0. The molecule has 2 aromatic rings. The predicted molar refractivity (Wildman–Crippen MR) is 102 cm³/mol. The van der Waals surface area contributed by atoms with E-state index < -0.39 is 29.2 Å². The van der Waals surface area contributed by atoms with E-state index in [0.29, 0.717) is 22.3 Å². The Labute approximate surface area is 161 Å². The molecule has 0 spiro atoms. The van der Waals surface area contributed by atoms with E-state index in [1.54, 1.807) is 13.8 Å². The van der Waals surface area contributed by atoms with E-state index in [2.05, 4.69) is 5.32 Å². The van der Waals surface area contributed by atoms with Gasteiger partial charge in [0.2, 0.25) is 0 Å². The van der Waals surface area contributed by atoms with Crippen LogP contribution >= 0.6 is 11.8 Å². The van der Waals surface area contributed by atoms with Crippen LogP contribution in [0.3, 0.4) is 0 Å². The van der Waals surface area contributed by atoms with Crippen LogP contribution in [0.2, 0.25) is 0 Å². The second-order valence-electron chi connectivity index (χ2n) is 6.43. The maximum Gasteiger partial charge on any atom is 0.316 e. The van der Waals surface area contributed by atoms with E-state index in [9.17, 15) is 18.4 Å². The minimum atomic E-state index is -2.50. The Balaban J connectivity index is 1.96. The number of benzene rings is 2. The predicted octanol–water partition coefficient (Wildman–Crippen LogP) is 4.85. The van der Waals surface area contributed by atoms with Crippen LogP contribution in [0.1, 0.15) is 26.3 Å². The Bertz CT molecular complexity index is 780. The van der Waals surface area contributed by atoms with E-state index in [0.717, 1.165) is 5.56 Å². The molecular formula is C20H21F2NO3S. The average molecular weight is 393 g/mol. The van der Waals surface area contributed by atoms with Crippen molar-refractivity contribution >= 4 is 29.3 Å². The fourth-order valence-electron chi connectivity index (χ4n) is 2.30. The molecule has 0 saturated carbocycles. The van der Waals surface area contributed by atoms with E-state index in [-0.39, 0.29) is 0 Å². The second-order valence-corrected chi connectivity index (χ2v) is 7.49. The van der Waals surface area contributed by atoms with Gasteiger partial charge in [0.15, 0.2) is 6.10 Å². The lowest BCUT2D eigenvalue weighted by Crippen LogP contribution is -2.37. The van der Waals surface area contributed by atoms with Gasteiger partial charge in [-0.05, 0) is 50.6 Å². The van der Waals surface area contributed by atoms with Crippen molar-refractivity contribution in [3.63, 3.8) is 0 Å². The molecule has 0 radical (unpaired) electrons. The first kappa shape index (κ1) is 20.9. The number of nitrogens with one attached hydrogen (secondary N) is 1. The fourth-order valence-corrected chi connectivity index (χ4v) is 2.80. The second kappa shape index (κ2) is 8.99. The minimum Gasteiger partial charge on any atom is -0.452 e. The fraction of sp³-hybridized carbons (Fsp3) is 0.300. The number of halogens is 2. The lowest BCUT2D eigenvalue weighted by atomic mass is 9.85. The molecular weight excluding hydrogens is 372 g/mol. The third-order valence-corrected chi connectivity index (χ3v) is 4.73. The summed E-state index contributed by atoms with van der Waals surface area (Å²) in [7, 11) is 0. The quantitative estimate of drug-likeness (QED) is 0.540. The summed E-state index contributed by atoms with van der Waals surface area (Å²) in [5, 5.41) is 2.61. The summed E-state index contributed by atoms with van der Waals surface area (Å²) in [4.78, 5) is 25.2. The monoisotopic (exact) mass is 393 g/mol. The highest BCUT2D eigenvalue weighted by Gasteiger charge is 2.33. The van der Waals surface area contributed by atoms with Crippen LogP contribution < -0.4 is 5.32 Å². The third kappa shape index (κ3) is 5.79. The van der Waals surface area contributed by atoms with Gasteiger partial charge < -0.3 is 10.1 Å². The third-order valence-electron chi connectivity index (χ3n) is 4.01. The van der Waals surface area contributed by atoms with Crippen molar-refractivity contribution in [2.24, 2.45) is 0 Å². The zero-order valence-corrected chi connectivity index (χ0v) is 16.1.